The van der Waals surface area contributed by atoms with Gasteiger partial charge in [-0.25, -0.2) is 0 Å². The van der Waals surface area contributed by atoms with Crippen molar-refractivity contribution in [3.63, 3.8) is 0 Å². The van der Waals surface area contributed by atoms with Crippen molar-refractivity contribution in [3.05, 3.63) is 29.3 Å². The maximum Gasteiger partial charge on any atom is 0.119 e. The molecule has 0 saturated heterocycles. The van der Waals surface area contributed by atoms with Gasteiger partial charge in [-0.2, -0.15) is 0 Å². The van der Waals surface area contributed by atoms with E-state index in [2.05, 4.69) is 45.1 Å². The number of aryl methyl sites for hydroxylation is 2. The van der Waals surface area contributed by atoms with Gasteiger partial charge in [-0.05, 0) is 50.1 Å². The van der Waals surface area contributed by atoms with Crippen LogP contribution in [-0.4, -0.2) is 19.2 Å². The molecule has 1 aromatic rings. The van der Waals surface area contributed by atoms with Crippen LogP contribution in [0.25, 0.3) is 0 Å². The molecule has 0 saturated carbocycles. The van der Waals surface area contributed by atoms with Crippen molar-refractivity contribution in [1.82, 2.24) is 5.32 Å². The van der Waals surface area contributed by atoms with Crippen LogP contribution >= 0.6 is 0 Å². The lowest BCUT2D eigenvalue weighted by molar-refractivity contribution is 0.262. The minimum absolute atomic E-state index is 0.451. The van der Waals surface area contributed by atoms with Crippen LogP contribution in [0.2, 0.25) is 0 Å². The van der Waals surface area contributed by atoms with Crippen molar-refractivity contribution in [2.45, 2.75) is 40.2 Å². The highest BCUT2D eigenvalue weighted by atomic mass is 16.5. The zero-order valence-corrected chi connectivity index (χ0v) is 10.8. The van der Waals surface area contributed by atoms with Crippen LogP contribution in [0.5, 0.6) is 5.75 Å². The Labute approximate surface area is 99.0 Å². The molecule has 2 heteroatoms. The lowest BCUT2D eigenvalue weighted by Crippen LogP contribution is -2.33. The molecule has 0 aliphatic rings. The largest absolute Gasteiger partial charge is 0.492 e. The third kappa shape index (κ3) is 3.86. The zero-order chi connectivity index (χ0) is 12.0. The number of rotatable bonds is 6. The first-order valence-electron chi connectivity index (χ1n) is 6.10. The summed E-state index contributed by atoms with van der Waals surface area (Å²) in [6.45, 7) is 10.3. The highest BCUT2D eigenvalue weighted by Crippen LogP contribution is 2.16. The number of ether oxygens (including phenoxy) is 1. The van der Waals surface area contributed by atoms with Gasteiger partial charge < -0.3 is 10.1 Å². The van der Waals surface area contributed by atoms with Gasteiger partial charge in [0.25, 0.3) is 0 Å². The second-order valence-corrected chi connectivity index (χ2v) is 4.22. The molecule has 0 aromatic heterocycles. The monoisotopic (exact) mass is 221 g/mol. The minimum Gasteiger partial charge on any atom is -0.492 e. The number of hydrogen-bond acceptors (Lipinski definition) is 2. The van der Waals surface area contributed by atoms with Crippen molar-refractivity contribution in [3.8, 4) is 5.75 Å². The molecule has 1 atom stereocenters. The third-order valence-corrected chi connectivity index (χ3v) is 2.92. The molecule has 0 radical (unpaired) electrons. The van der Waals surface area contributed by atoms with Crippen molar-refractivity contribution in [1.29, 1.82) is 0 Å². The quantitative estimate of drug-likeness (QED) is 0.797. The van der Waals surface area contributed by atoms with Gasteiger partial charge in [0, 0.05) is 6.04 Å². The van der Waals surface area contributed by atoms with E-state index in [4.69, 9.17) is 4.74 Å². The second-order valence-electron chi connectivity index (χ2n) is 4.22. The molecular formula is C14H23NO. The Kier molecular flexibility index (Phi) is 5.33. The molecule has 0 amide bonds. The SMILES string of the molecule is CCNC(CC)COc1ccc(C)c(C)c1. The van der Waals surface area contributed by atoms with E-state index < -0.39 is 0 Å². The predicted molar refractivity (Wildman–Crippen MR) is 69.2 cm³/mol. The summed E-state index contributed by atoms with van der Waals surface area (Å²) >= 11 is 0. The van der Waals surface area contributed by atoms with Crippen molar-refractivity contribution in [2.24, 2.45) is 0 Å². The molecule has 90 valence electrons. The van der Waals surface area contributed by atoms with Crippen LogP contribution < -0.4 is 10.1 Å². The van der Waals surface area contributed by atoms with Gasteiger partial charge in [-0.3, -0.25) is 0 Å². The average molecular weight is 221 g/mol. The second kappa shape index (κ2) is 6.54. The van der Waals surface area contributed by atoms with Crippen molar-refractivity contribution >= 4 is 0 Å². The lowest BCUT2D eigenvalue weighted by atomic mass is 10.1. The molecule has 0 aliphatic carbocycles. The molecule has 0 heterocycles. The summed E-state index contributed by atoms with van der Waals surface area (Å²) in [6, 6.07) is 6.71. The summed E-state index contributed by atoms with van der Waals surface area (Å²) in [7, 11) is 0. The maximum absolute atomic E-state index is 5.78. The molecule has 0 aliphatic heterocycles. The lowest BCUT2D eigenvalue weighted by Gasteiger charge is -2.17. The van der Waals surface area contributed by atoms with E-state index in [0.717, 1.165) is 25.3 Å². The first kappa shape index (κ1) is 13.0. The van der Waals surface area contributed by atoms with Crippen LogP contribution in [0.15, 0.2) is 18.2 Å². The van der Waals surface area contributed by atoms with Crippen LogP contribution in [0.3, 0.4) is 0 Å². The summed E-state index contributed by atoms with van der Waals surface area (Å²) < 4.78 is 5.78. The topological polar surface area (TPSA) is 21.3 Å². The zero-order valence-electron chi connectivity index (χ0n) is 10.8. The van der Waals surface area contributed by atoms with Gasteiger partial charge >= 0.3 is 0 Å². The summed E-state index contributed by atoms with van der Waals surface area (Å²) in [4.78, 5) is 0. The van der Waals surface area contributed by atoms with Crippen LogP contribution in [0.1, 0.15) is 31.4 Å². The van der Waals surface area contributed by atoms with Gasteiger partial charge in [-0.1, -0.05) is 19.9 Å². The Morgan fingerprint density at radius 1 is 1.19 bits per heavy atom. The molecule has 1 aromatic carbocycles. The minimum atomic E-state index is 0.451. The van der Waals surface area contributed by atoms with E-state index in [1.165, 1.54) is 11.1 Å². The fourth-order valence-corrected chi connectivity index (χ4v) is 1.61. The van der Waals surface area contributed by atoms with E-state index in [-0.39, 0.29) is 0 Å². The maximum atomic E-state index is 5.78. The molecule has 1 N–H and O–H groups in total. The fraction of sp³-hybridized carbons (Fsp3) is 0.571. The van der Waals surface area contributed by atoms with Gasteiger partial charge in [0.15, 0.2) is 0 Å². The Balaban J connectivity index is 2.50. The van der Waals surface area contributed by atoms with E-state index in [9.17, 15) is 0 Å². The highest BCUT2D eigenvalue weighted by Gasteiger charge is 2.05. The van der Waals surface area contributed by atoms with E-state index in [1.54, 1.807) is 0 Å². The molecule has 16 heavy (non-hydrogen) atoms. The van der Waals surface area contributed by atoms with Crippen molar-refractivity contribution in [2.75, 3.05) is 13.2 Å². The van der Waals surface area contributed by atoms with Crippen molar-refractivity contribution < 1.29 is 4.74 Å². The number of benzene rings is 1. The number of likely N-dealkylation sites (N-methyl/N-ethyl adjacent to an activating group) is 1. The average Bonchev–Trinajstić information content (AvgIpc) is 2.28. The standard InChI is InChI=1S/C14H23NO/c1-5-13(15-6-2)10-16-14-8-7-11(3)12(4)9-14/h7-9,13,15H,5-6,10H2,1-4H3. The van der Waals surface area contributed by atoms with Crippen LogP contribution in [-0.2, 0) is 0 Å². The normalized spacial score (nSPS) is 12.5. The number of nitrogens with one attached hydrogen (secondary N) is 1. The van der Waals surface area contributed by atoms with E-state index in [0.29, 0.717) is 6.04 Å². The van der Waals surface area contributed by atoms with Gasteiger partial charge in [0.1, 0.15) is 12.4 Å². The van der Waals surface area contributed by atoms with Crippen LogP contribution in [0, 0.1) is 13.8 Å². The Morgan fingerprint density at radius 3 is 2.50 bits per heavy atom. The predicted octanol–water partition coefficient (Wildman–Crippen LogP) is 3.07. The third-order valence-electron chi connectivity index (χ3n) is 2.92. The van der Waals surface area contributed by atoms with Gasteiger partial charge in [0.05, 0.1) is 0 Å². The summed E-state index contributed by atoms with van der Waals surface area (Å²) in [5.41, 5.74) is 2.60. The van der Waals surface area contributed by atoms with E-state index in [1.807, 2.05) is 6.07 Å². The van der Waals surface area contributed by atoms with Gasteiger partial charge in [0.2, 0.25) is 0 Å². The summed E-state index contributed by atoms with van der Waals surface area (Å²) in [5.74, 6) is 0.972. The molecule has 0 fully saturated rings. The summed E-state index contributed by atoms with van der Waals surface area (Å²) in [5, 5.41) is 3.40. The number of hydrogen-bond donors (Lipinski definition) is 1. The Bertz CT molecular complexity index is 323. The first-order chi connectivity index (χ1) is 7.67. The van der Waals surface area contributed by atoms with Crippen LogP contribution in [0.4, 0.5) is 0 Å². The van der Waals surface area contributed by atoms with Gasteiger partial charge in [-0.15, -0.1) is 0 Å². The Morgan fingerprint density at radius 2 is 1.94 bits per heavy atom. The summed E-state index contributed by atoms with van der Waals surface area (Å²) in [6.07, 6.45) is 1.10. The molecule has 1 rings (SSSR count). The Hall–Kier alpha value is -1.02. The molecular weight excluding hydrogens is 198 g/mol. The molecule has 0 spiro atoms. The van der Waals surface area contributed by atoms with E-state index >= 15 is 0 Å². The smallest absolute Gasteiger partial charge is 0.119 e. The first-order valence-corrected chi connectivity index (χ1v) is 6.10. The molecule has 2 nitrogen and oxygen atoms in total. The highest BCUT2D eigenvalue weighted by molar-refractivity contribution is 5.33. The fourth-order valence-electron chi connectivity index (χ4n) is 1.61. The molecule has 0 bridgehead atoms. The molecule has 1 unspecified atom stereocenters.